The van der Waals surface area contributed by atoms with E-state index in [1.165, 1.54) is 0 Å². The fourth-order valence-electron chi connectivity index (χ4n) is 0.508. The molecule has 0 saturated carbocycles. The van der Waals surface area contributed by atoms with Gasteiger partial charge in [0, 0.05) is 12.8 Å². The molecule has 0 aromatic rings. The van der Waals surface area contributed by atoms with E-state index in [1.54, 1.807) is 0 Å². The van der Waals surface area contributed by atoms with Crippen LogP contribution in [-0.2, 0) is 20.0 Å². The third-order valence-corrected chi connectivity index (χ3v) is 0.858. The molecule has 0 aliphatic carbocycles. The Morgan fingerprint density at radius 1 is 1.23 bits per heavy atom. The van der Waals surface area contributed by atoms with Gasteiger partial charge in [-0.05, 0) is 0 Å². The maximum Gasteiger partial charge on any atom is 1.00 e. The summed E-state index contributed by atoms with van der Waals surface area (Å²) in [5.41, 5.74) is 0. The number of hydrogen-bond acceptors (Lipinski definition) is 5. The van der Waals surface area contributed by atoms with Gasteiger partial charge < -0.3 is 4.55 Å². The molecule has 9 heteroatoms. The average molecular weight is 219 g/mol. The van der Waals surface area contributed by atoms with Gasteiger partial charge in [0.2, 0.25) is 22.2 Å². The zero-order valence-electron chi connectivity index (χ0n) is 6.81. The molecular weight excluding hydrogens is 213 g/mol. The Bertz CT molecular complexity index is 263. The molecule has 0 aromatic heterocycles. The number of imide groups is 1. The first-order valence-corrected chi connectivity index (χ1v) is 4.16. The standard InChI is InChI=1S/C4H5NO2.Na.H2O4S/c6-3-1-2-4(7)5-3;;1-5(2,3)4/h1-2H2,(H,5,6,7);;(H2,1,2,3,4)/q;+1;/p-1. The van der Waals surface area contributed by atoms with Crippen LogP contribution in [0.1, 0.15) is 12.8 Å². The molecule has 13 heavy (non-hydrogen) atoms. The van der Waals surface area contributed by atoms with Crippen LogP contribution in [-0.4, -0.2) is 29.3 Å². The van der Waals surface area contributed by atoms with Crippen molar-refractivity contribution in [2.45, 2.75) is 12.8 Å². The van der Waals surface area contributed by atoms with E-state index < -0.39 is 10.4 Å². The van der Waals surface area contributed by atoms with Crippen molar-refractivity contribution >= 4 is 22.2 Å². The molecular formula is C4H6NNaO6S. The second-order valence-corrected chi connectivity index (χ2v) is 2.75. The first-order chi connectivity index (χ1) is 5.29. The third-order valence-electron chi connectivity index (χ3n) is 0.858. The van der Waals surface area contributed by atoms with Crippen LogP contribution in [0, 0.1) is 0 Å². The Morgan fingerprint density at radius 3 is 1.54 bits per heavy atom. The van der Waals surface area contributed by atoms with Crippen molar-refractivity contribution in [2.24, 2.45) is 0 Å². The first-order valence-electron chi connectivity index (χ1n) is 2.80. The van der Waals surface area contributed by atoms with Gasteiger partial charge in [0.15, 0.2) is 0 Å². The van der Waals surface area contributed by atoms with Crippen molar-refractivity contribution in [3.8, 4) is 0 Å². The van der Waals surface area contributed by atoms with Gasteiger partial charge >= 0.3 is 29.6 Å². The van der Waals surface area contributed by atoms with E-state index in [2.05, 4.69) is 5.32 Å². The van der Waals surface area contributed by atoms with Crippen LogP contribution in [0.2, 0.25) is 0 Å². The molecule has 2 amide bonds. The van der Waals surface area contributed by atoms with Crippen LogP contribution in [0.4, 0.5) is 0 Å². The minimum atomic E-state index is -4.92. The van der Waals surface area contributed by atoms with Crippen LogP contribution in [0.25, 0.3) is 0 Å². The molecule has 7 nitrogen and oxygen atoms in total. The molecule has 0 radical (unpaired) electrons. The van der Waals surface area contributed by atoms with Crippen LogP contribution >= 0.6 is 0 Å². The molecule has 1 aliphatic rings. The molecule has 0 atom stereocenters. The molecule has 0 spiro atoms. The zero-order chi connectivity index (χ0) is 9.78. The van der Waals surface area contributed by atoms with Crippen LogP contribution in [0.5, 0.6) is 0 Å². The maximum atomic E-state index is 10.1. The Morgan fingerprint density at radius 2 is 1.46 bits per heavy atom. The van der Waals surface area contributed by atoms with Crippen LogP contribution < -0.4 is 34.9 Å². The number of nitrogens with one attached hydrogen (secondary N) is 1. The van der Waals surface area contributed by atoms with E-state index in [1.807, 2.05) is 0 Å². The topological polar surface area (TPSA) is 124 Å². The number of carbonyl (C=O) groups is 2. The van der Waals surface area contributed by atoms with Gasteiger partial charge in [-0.25, -0.2) is 8.42 Å². The molecule has 1 saturated heterocycles. The summed E-state index contributed by atoms with van der Waals surface area (Å²) in [6, 6.07) is 0. The summed E-state index contributed by atoms with van der Waals surface area (Å²) < 4.78 is 32.8. The summed E-state index contributed by atoms with van der Waals surface area (Å²) >= 11 is 0. The Hall–Kier alpha value is 0.01000. The molecule has 70 valence electrons. The van der Waals surface area contributed by atoms with Gasteiger partial charge in [-0.2, -0.15) is 0 Å². The first kappa shape index (κ1) is 15.5. The fraction of sp³-hybridized carbons (Fsp3) is 0.500. The van der Waals surface area contributed by atoms with E-state index in [0.29, 0.717) is 12.8 Å². The average Bonchev–Trinajstić information content (AvgIpc) is 2.09. The molecule has 0 unspecified atom stereocenters. The minimum absolute atomic E-state index is 0. The van der Waals surface area contributed by atoms with Gasteiger partial charge in [0.25, 0.3) is 0 Å². The maximum absolute atomic E-state index is 10.1. The number of amides is 2. The van der Waals surface area contributed by atoms with Crippen molar-refractivity contribution in [3.63, 3.8) is 0 Å². The number of rotatable bonds is 0. The van der Waals surface area contributed by atoms with Crippen molar-refractivity contribution in [1.29, 1.82) is 0 Å². The number of carbonyl (C=O) groups excluding carboxylic acids is 2. The molecule has 1 heterocycles. The third kappa shape index (κ3) is 14.8. The fourth-order valence-corrected chi connectivity index (χ4v) is 0.508. The van der Waals surface area contributed by atoms with Crippen molar-refractivity contribution in [2.75, 3.05) is 0 Å². The summed E-state index contributed by atoms with van der Waals surface area (Å²) in [6.07, 6.45) is 0.748. The Kier molecular flexibility index (Phi) is 7.69. The van der Waals surface area contributed by atoms with E-state index in [9.17, 15) is 9.59 Å². The number of hydrogen-bond donors (Lipinski definition) is 2. The second-order valence-electron chi connectivity index (χ2n) is 1.90. The van der Waals surface area contributed by atoms with Gasteiger partial charge in [0.1, 0.15) is 0 Å². The Labute approximate surface area is 96.8 Å². The molecule has 2 N–H and O–H groups in total. The molecule has 0 aromatic carbocycles. The largest absolute Gasteiger partial charge is 1.00 e. The van der Waals surface area contributed by atoms with E-state index in [4.69, 9.17) is 17.5 Å². The smallest absolute Gasteiger partial charge is 0.726 e. The molecule has 1 fully saturated rings. The summed E-state index contributed by atoms with van der Waals surface area (Å²) in [7, 11) is -4.92. The minimum Gasteiger partial charge on any atom is -0.726 e. The monoisotopic (exact) mass is 219 g/mol. The second kappa shape index (κ2) is 6.46. The molecule has 0 bridgehead atoms. The van der Waals surface area contributed by atoms with Crippen molar-refractivity contribution in [3.05, 3.63) is 0 Å². The summed E-state index contributed by atoms with van der Waals surface area (Å²) in [5, 5.41) is 2.14. The van der Waals surface area contributed by atoms with E-state index in [-0.39, 0.29) is 41.4 Å². The van der Waals surface area contributed by atoms with Crippen LogP contribution in [0.3, 0.4) is 0 Å². The van der Waals surface area contributed by atoms with Gasteiger partial charge in [-0.1, -0.05) is 0 Å². The Balaban J connectivity index is 0. The van der Waals surface area contributed by atoms with Gasteiger partial charge in [-0.15, -0.1) is 0 Å². The predicted octanol–water partition coefficient (Wildman–Crippen LogP) is -4.57. The van der Waals surface area contributed by atoms with Gasteiger partial charge in [0.05, 0.1) is 0 Å². The van der Waals surface area contributed by atoms with Crippen LogP contribution in [0.15, 0.2) is 0 Å². The van der Waals surface area contributed by atoms with Crippen molar-refractivity contribution in [1.82, 2.24) is 5.32 Å². The molecule has 1 aliphatic heterocycles. The normalized spacial score (nSPS) is 15.2. The zero-order valence-corrected chi connectivity index (χ0v) is 9.63. The SMILES string of the molecule is O=C1CCC(=O)N1.O=S(=O)([O-])O.[Na+]. The quantitative estimate of drug-likeness (QED) is 0.183. The summed E-state index contributed by atoms with van der Waals surface area (Å²) in [4.78, 5) is 20.2. The predicted molar refractivity (Wildman–Crippen MR) is 34.7 cm³/mol. The van der Waals surface area contributed by atoms with E-state index in [0.717, 1.165) is 0 Å². The summed E-state index contributed by atoms with van der Waals surface area (Å²) in [5.74, 6) is -0.296. The van der Waals surface area contributed by atoms with Gasteiger partial charge in [-0.3, -0.25) is 19.5 Å². The summed E-state index contributed by atoms with van der Waals surface area (Å²) in [6.45, 7) is 0. The van der Waals surface area contributed by atoms with Crippen molar-refractivity contribution < 1.29 is 56.7 Å². The van der Waals surface area contributed by atoms with E-state index >= 15 is 0 Å². The molecule has 1 rings (SSSR count).